The predicted octanol–water partition coefficient (Wildman–Crippen LogP) is 2.11. The van der Waals surface area contributed by atoms with E-state index in [2.05, 4.69) is 0 Å². The minimum Gasteiger partial charge on any atom is -0.316 e. The Morgan fingerprint density at radius 3 is 2.80 bits per heavy atom. The summed E-state index contributed by atoms with van der Waals surface area (Å²) in [6, 6.07) is 7.48. The van der Waals surface area contributed by atoms with Gasteiger partial charge in [-0.2, -0.15) is 0 Å². The monoisotopic (exact) mass is 204 g/mol. The van der Waals surface area contributed by atoms with Crippen LogP contribution in [0.3, 0.4) is 0 Å². The van der Waals surface area contributed by atoms with Gasteiger partial charge in [0.2, 0.25) is 5.91 Å². The van der Waals surface area contributed by atoms with E-state index in [-0.39, 0.29) is 12.5 Å². The standard InChI is InChI=1S/C12H14NO2/c1-10(15)13(2)12-7-3-5-11(9-12)6-4-8-14/h3-7,9H,8H2,1-2H3. The topological polar surface area (TPSA) is 40.2 Å². The van der Waals surface area contributed by atoms with Gasteiger partial charge in [0.05, 0.1) is 0 Å². The smallest absolute Gasteiger partial charge is 0.223 e. The predicted molar refractivity (Wildman–Crippen MR) is 60.1 cm³/mol. The summed E-state index contributed by atoms with van der Waals surface area (Å²) in [5.74, 6) is -0.0139. The molecule has 0 heterocycles. The van der Waals surface area contributed by atoms with E-state index in [0.717, 1.165) is 11.3 Å². The van der Waals surface area contributed by atoms with Gasteiger partial charge >= 0.3 is 0 Å². The first-order chi connectivity index (χ1) is 7.15. The number of hydrogen-bond acceptors (Lipinski definition) is 1. The van der Waals surface area contributed by atoms with Gasteiger partial charge in [0.25, 0.3) is 0 Å². The van der Waals surface area contributed by atoms with E-state index in [4.69, 9.17) is 0 Å². The maximum absolute atomic E-state index is 11.1. The number of hydrogen-bond donors (Lipinski definition) is 0. The Labute approximate surface area is 89.6 Å². The molecule has 0 aromatic heterocycles. The van der Waals surface area contributed by atoms with Crippen LogP contribution in [0, 0.1) is 0 Å². The molecule has 1 aromatic rings. The fraction of sp³-hybridized carbons (Fsp3) is 0.250. The summed E-state index contributed by atoms with van der Waals surface area (Å²) in [7, 11) is 1.72. The number of nitrogens with zero attached hydrogens (tertiary/aromatic N) is 1. The van der Waals surface area contributed by atoms with Gasteiger partial charge in [-0.3, -0.25) is 4.79 Å². The van der Waals surface area contributed by atoms with Crippen LogP contribution in [0.4, 0.5) is 5.69 Å². The summed E-state index contributed by atoms with van der Waals surface area (Å²) in [5, 5.41) is 10.3. The molecule has 0 spiro atoms. The van der Waals surface area contributed by atoms with Crippen molar-refractivity contribution in [1.29, 1.82) is 0 Å². The minimum atomic E-state index is -0.229. The summed E-state index contributed by atoms with van der Waals surface area (Å²) in [6.45, 7) is 1.28. The number of carbonyl (C=O) groups is 1. The van der Waals surface area contributed by atoms with Crippen LogP contribution >= 0.6 is 0 Å². The molecule has 0 aliphatic heterocycles. The Bertz CT molecular complexity index is 372. The lowest BCUT2D eigenvalue weighted by Gasteiger charge is -2.15. The molecule has 3 heteroatoms. The van der Waals surface area contributed by atoms with Gasteiger partial charge < -0.3 is 4.90 Å². The van der Waals surface area contributed by atoms with E-state index in [0.29, 0.717) is 0 Å². The molecule has 1 radical (unpaired) electrons. The molecule has 15 heavy (non-hydrogen) atoms. The lowest BCUT2D eigenvalue weighted by atomic mass is 10.2. The van der Waals surface area contributed by atoms with Crippen LogP contribution in [0.1, 0.15) is 12.5 Å². The highest BCUT2D eigenvalue weighted by atomic mass is 16.2. The van der Waals surface area contributed by atoms with Gasteiger partial charge in [0.1, 0.15) is 6.61 Å². The summed E-state index contributed by atoms with van der Waals surface area (Å²) in [4.78, 5) is 12.7. The normalized spacial score (nSPS) is 10.6. The number of anilines is 1. The van der Waals surface area contributed by atoms with Crippen LogP contribution in [-0.4, -0.2) is 19.6 Å². The van der Waals surface area contributed by atoms with E-state index >= 15 is 0 Å². The zero-order chi connectivity index (χ0) is 11.3. The highest BCUT2D eigenvalue weighted by Crippen LogP contribution is 2.15. The highest BCUT2D eigenvalue weighted by Gasteiger charge is 2.04. The van der Waals surface area contributed by atoms with E-state index in [1.165, 1.54) is 6.92 Å². The molecule has 1 aromatic carbocycles. The Hall–Kier alpha value is -1.61. The molecule has 0 atom stereocenters. The first kappa shape index (κ1) is 11.5. The molecular weight excluding hydrogens is 190 g/mol. The zero-order valence-electron chi connectivity index (χ0n) is 8.93. The molecule has 0 unspecified atom stereocenters. The number of rotatable bonds is 3. The van der Waals surface area contributed by atoms with Crippen molar-refractivity contribution in [2.24, 2.45) is 0 Å². The first-order valence-corrected chi connectivity index (χ1v) is 4.74. The highest BCUT2D eigenvalue weighted by molar-refractivity contribution is 5.91. The van der Waals surface area contributed by atoms with Crippen molar-refractivity contribution >= 4 is 17.7 Å². The van der Waals surface area contributed by atoms with Crippen LogP contribution in [0.5, 0.6) is 0 Å². The Kier molecular flexibility index (Phi) is 4.06. The second-order valence-corrected chi connectivity index (χ2v) is 3.24. The van der Waals surface area contributed by atoms with Crippen molar-refractivity contribution in [3.63, 3.8) is 0 Å². The lowest BCUT2D eigenvalue weighted by Crippen LogP contribution is -2.22. The van der Waals surface area contributed by atoms with Crippen molar-refractivity contribution in [3.8, 4) is 0 Å². The van der Waals surface area contributed by atoms with Crippen LogP contribution in [0.25, 0.3) is 6.08 Å². The van der Waals surface area contributed by atoms with Gasteiger partial charge in [-0.15, -0.1) is 0 Å². The van der Waals surface area contributed by atoms with Crippen LogP contribution in [0.2, 0.25) is 0 Å². The minimum absolute atomic E-state index is 0.0139. The third-order valence-electron chi connectivity index (χ3n) is 2.14. The van der Waals surface area contributed by atoms with Gasteiger partial charge in [-0.1, -0.05) is 24.3 Å². The molecule has 0 bridgehead atoms. The average molecular weight is 204 g/mol. The van der Waals surface area contributed by atoms with Gasteiger partial charge in [0, 0.05) is 19.7 Å². The fourth-order valence-electron chi connectivity index (χ4n) is 1.20. The molecule has 0 aliphatic carbocycles. The van der Waals surface area contributed by atoms with Crippen molar-refractivity contribution in [2.45, 2.75) is 6.92 Å². The molecule has 0 fully saturated rings. The summed E-state index contributed by atoms with van der Waals surface area (Å²) >= 11 is 0. The zero-order valence-corrected chi connectivity index (χ0v) is 8.93. The summed E-state index contributed by atoms with van der Waals surface area (Å²) in [6.07, 6.45) is 3.30. The van der Waals surface area contributed by atoms with Crippen molar-refractivity contribution in [1.82, 2.24) is 0 Å². The summed E-state index contributed by atoms with van der Waals surface area (Å²) < 4.78 is 0. The quantitative estimate of drug-likeness (QED) is 0.743. The van der Waals surface area contributed by atoms with Crippen LogP contribution in [0.15, 0.2) is 30.3 Å². The second-order valence-electron chi connectivity index (χ2n) is 3.24. The first-order valence-electron chi connectivity index (χ1n) is 4.74. The number of amides is 1. The number of carbonyl (C=O) groups excluding carboxylic acids is 1. The Morgan fingerprint density at radius 1 is 1.47 bits per heavy atom. The molecular formula is C12H14NO2. The molecule has 1 rings (SSSR count). The third kappa shape index (κ3) is 3.22. The van der Waals surface area contributed by atoms with E-state index in [1.54, 1.807) is 24.1 Å². The average Bonchev–Trinajstić information content (AvgIpc) is 2.25. The number of benzene rings is 1. The van der Waals surface area contributed by atoms with Crippen molar-refractivity contribution in [2.75, 3.05) is 18.6 Å². The molecule has 0 saturated heterocycles. The van der Waals surface area contributed by atoms with Gasteiger partial charge in [0.15, 0.2) is 0 Å². The molecule has 1 amide bonds. The molecule has 0 aliphatic rings. The van der Waals surface area contributed by atoms with Crippen LogP contribution in [-0.2, 0) is 9.90 Å². The molecule has 0 N–H and O–H groups in total. The van der Waals surface area contributed by atoms with E-state index in [9.17, 15) is 9.90 Å². The molecule has 0 saturated carbocycles. The van der Waals surface area contributed by atoms with Gasteiger partial charge in [-0.05, 0) is 17.7 Å². The van der Waals surface area contributed by atoms with Crippen LogP contribution < -0.4 is 4.90 Å². The Morgan fingerprint density at radius 2 is 2.20 bits per heavy atom. The SMILES string of the molecule is CC(=O)N(C)c1cccc(C=CC[O])c1. The molecule has 3 nitrogen and oxygen atoms in total. The largest absolute Gasteiger partial charge is 0.316 e. The van der Waals surface area contributed by atoms with E-state index < -0.39 is 0 Å². The van der Waals surface area contributed by atoms with E-state index in [1.807, 2.05) is 24.3 Å². The van der Waals surface area contributed by atoms with Crippen molar-refractivity contribution < 1.29 is 9.90 Å². The maximum atomic E-state index is 11.1. The van der Waals surface area contributed by atoms with Crippen molar-refractivity contribution in [3.05, 3.63) is 35.9 Å². The lowest BCUT2D eigenvalue weighted by molar-refractivity contribution is -0.116. The van der Waals surface area contributed by atoms with Gasteiger partial charge in [-0.25, -0.2) is 5.11 Å². The summed E-state index contributed by atoms with van der Waals surface area (Å²) in [5.41, 5.74) is 1.76. The molecule has 79 valence electrons. The maximum Gasteiger partial charge on any atom is 0.223 e. The third-order valence-corrected chi connectivity index (χ3v) is 2.14. The second kappa shape index (κ2) is 5.32. The Balaban J connectivity index is 2.92. The fourth-order valence-corrected chi connectivity index (χ4v) is 1.20.